The van der Waals surface area contributed by atoms with Gasteiger partial charge < -0.3 is 20.3 Å². The largest absolute Gasteiger partial charge is 0.492 e. The number of rotatable bonds is 11. The fourth-order valence-electron chi connectivity index (χ4n) is 4.08. The molecule has 0 spiro atoms. The lowest BCUT2D eigenvalue weighted by atomic mass is 10.3. The van der Waals surface area contributed by atoms with Crippen molar-refractivity contribution < 1.29 is 31.0 Å². The van der Waals surface area contributed by atoms with Gasteiger partial charge in [-0.3, -0.25) is 4.55 Å². The Morgan fingerprint density at radius 3 is 2.14 bits per heavy atom. The molecule has 5 rings (SSSR count). The van der Waals surface area contributed by atoms with Gasteiger partial charge in [-0.05, 0) is 73.1 Å². The molecule has 0 aliphatic carbocycles. The molecule has 16 nitrogen and oxygen atoms in total. The molecular formula is C27H20Cl3N9O7S3. The first kappa shape index (κ1) is 36.0. The normalized spacial score (nSPS) is 12.0. The number of aryl methyl sites for hydroxylation is 1. The fraction of sp³-hybridized carbons (Fsp3) is 0.0370. The number of hydrogen-bond donors (Lipinski definition) is 5. The lowest BCUT2D eigenvalue weighted by molar-refractivity contribution is 0.434. The van der Waals surface area contributed by atoms with E-state index in [0.29, 0.717) is 17.7 Å². The summed E-state index contributed by atoms with van der Waals surface area (Å²) >= 11 is 18.9. The van der Waals surface area contributed by atoms with E-state index in [1.54, 1.807) is 0 Å². The molecule has 0 aliphatic rings. The first-order chi connectivity index (χ1) is 23.1. The number of hydrogen-bond acceptors (Lipinski definition) is 15. The Hall–Kier alpha value is -4.34. The van der Waals surface area contributed by atoms with E-state index in [-0.39, 0.29) is 65.5 Å². The van der Waals surface area contributed by atoms with Crippen molar-refractivity contribution in [2.75, 3.05) is 10.6 Å². The van der Waals surface area contributed by atoms with Crippen molar-refractivity contribution in [1.29, 1.82) is 0 Å². The van der Waals surface area contributed by atoms with Crippen molar-refractivity contribution in [3.05, 3.63) is 87.6 Å². The molecule has 254 valence electrons. The van der Waals surface area contributed by atoms with Crippen LogP contribution in [0.3, 0.4) is 0 Å². The van der Waals surface area contributed by atoms with Gasteiger partial charge in [0.25, 0.3) is 10.1 Å². The first-order valence-corrected chi connectivity index (χ1v) is 18.0. The smallest absolute Gasteiger partial charge is 0.296 e. The molecule has 0 unspecified atom stereocenters. The molecule has 0 amide bonds. The van der Waals surface area contributed by atoms with Crippen LogP contribution in [0.1, 0.15) is 5.69 Å². The summed E-state index contributed by atoms with van der Waals surface area (Å²) in [5.74, 6) is -0.639. The minimum Gasteiger partial charge on any atom is -0.492 e. The van der Waals surface area contributed by atoms with Crippen LogP contribution in [0.15, 0.2) is 91.5 Å². The Morgan fingerprint density at radius 2 is 1.53 bits per heavy atom. The van der Waals surface area contributed by atoms with Crippen molar-refractivity contribution in [2.24, 2.45) is 10.2 Å². The van der Waals surface area contributed by atoms with Gasteiger partial charge in [0, 0.05) is 28.8 Å². The molecule has 2 aromatic heterocycles. The first-order valence-electron chi connectivity index (χ1n) is 13.2. The summed E-state index contributed by atoms with van der Waals surface area (Å²) in [4.78, 5) is 11.9. The predicted octanol–water partition coefficient (Wildman–Crippen LogP) is 7.66. The van der Waals surface area contributed by atoms with E-state index in [2.05, 4.69) is 47.5 Å². The molecule has 3 aromatic carbocycles. The van der Waals surface area contributed by atoms with Gasteiger partial charge in [-0.1, -0.05) is 29.8 Å². The van der Waals surface area contributed by atoms with Crippen LogP contribution >= 0.6 is 46.8 Å². The van der Waals surface area contributed by atoms with E-state index >= 15 is 0 Å². The molecule has 0 saturated heterocycles. The zero-order valence-corrected chi connectivity index (χ0v) is 29.2. The predicted molar refractivity (Wildman–Crippen MR) is 184 cm³/mol. The van der Waals surface area contributed by atoms with Crippen molar-refractivity contribution in [1.82, 2.24) is 24.7 Å². The lowest BCUT2D eigenvalue weighted by Crippen LogP contribution is -2.05. The highest BCUT2D eigenvalue weighted by Gasteiger charge is 2.21. The molecule has 22 heteroatoms. The van der Waals surface area contributed by atoms with Crippen LogP contribution < -0.4 is 10.6 Å². The van der Waals surface area contributed by atoms with Gasteiger partial charge >= 0.3 is 0 Å². The second-order valence-electron chi connectivity index (χ2n) is 9.59. The Kier molecular flexibility index (Phi) is 10.5. The second kappa shape index (κ2) is 14.3. The zero-order chi connectivity index (χ0) is 35.7. The van der Waals surface area contributed by atoms with Gasteiger partial charge in [-0.25, -0.2) is 8.42 Å². The number of aromatic nitrogens is 5. The number of benzene rings is 3. The van der Waals surface area contributed by atoms with E-state index in [0.717, 1.165) is 16.2 Å². The molecule has 0 atom stereocenters. The Morgan fingerprint density at radius 1 is 0.898 bits per heavy atom. The van der Waals surface area contributed by atoms with Crippen molar-refractivity contribution >= 4 is 101 Å². The number of nitrogens with zero attached hydrogens (tertiary/aromatic N) is 7. The highest BCUT2D eigenvalue weighted by Crippen LogP contribution is 2.39. The fourth-order valence-corrected chi connectivity index (χ4v) is 6.44. The highest BCUT2D eigenvalue weighted by atomic mass is 35.5. The quantitative estimate of drug-likeness (QED) is 0.0491. The Balaban J connectivity index is 1.44. The molecular weight excluding hydrogens is 765 g/mol. The van der Waals surface area contributed by atoms with Gasteiger partial charge in [-0.2, -0.15) is 33.2 Å². The molecule has 2 heterocycles. The van der Waals surface area contributed by atoms with Gasteiger partial charge in [0.05, 0.1) is 31.2 Å². The maximum absolute atomic E-state index is 12.2. The topological polar surface area (TPSA) is 234 Å². The summed E-state index contributed by atoms with van der Waals surface area (Å²) in [7, 11) is -8.43. The number of nitrogens with one attached hydrogen (secondary N) is 2. The summed E-state index contributed by atoms with van der Waals surface area (Å²) < 4.78 is 68.5. The molecule has 5 aromatic rings. The number of anilines is 4. The third kappa shape index (κ3) is 8.11. The third-order valence-electron chi connectivity index (χ3n) is 6.35. The summed E-state index contributed by atoms with van der Waals surface area (Å²) in [5.41, 5.74) is 0.394. The van der Waals surface area contributed by atoms with Crippen LogP contribution in [0, 0.1) is 6.92 Å². The molecule has 0 aliphatic heterocycles. The number of aromatic hydroxyl groups is 1. The van der Waals surface area contributed by atoms with Crippen LogP contribution in [-0.2, 0) is 20.0 Å². The summed E-state index contributed by atoms with van der Waals surface area (Å²) in [5, 5.41) is 29.6. The monoisotopic (exact) mass is 783 g/mol. The van der Waals surface area contributed by atoms with Crippen LogP contribution in [0.2, 0.25) is 15.3 Å². The van der Waals surface area contributed by atoms with Gasteiger partial charge in [0.2, 0.25) is 23.1 Å². The number of halogens is 3. The maximum atomic E-state index is 12.2. The van der Waals surface area contributed by atoms with E-state index in [1.807, 2.05) is 0 Å². The lowest BCUT2D eigenvalue weighted by Gasteiger charge is -2.10. The molecule has 0 bridgehead atoms. The maximum Gasteiger partial charge on any atom is 0.296 e. The Bertz CT molecular complexity index is 2360. The Labute approximate surface area is 297 Å². The van der Waals surface area contributed by atoms with Crippen LogP contribution in [0.5, 0.6) is 5.88 Å². The highest BCUT2D eigenvalue weighted by molar-refractivity contribution is 7.94. The summed E-state index contributed by atoms with van der Waals surface area (Å²) in [6.07, 6.45) is 0. The van der Waals surface area contributed by atoms with Crippen LogP contribution in [-0.4, -0.2) is 55.8 Å². The zero-order valence-electron chi connectivity index (χ0n) is 24.4. The van der Waals surface area contributed by atoms with E-state index in [4.69, 9.17) is 34.8 Å². The number of azo groups is 1. The van der Waals surface area contributed by atoms with Gasteiger partial charge in [0.15, 0.2) is 15.5 Å². The van der Waals surface area contributed by atoms with E-state index in [1.165, 1.54) is 55.5 Å². The molecule has 0 radical (unpaired) electrons. The minimum atomic E-state index is -4.80. The van der Waals surface area contributed by atoms with Crippen molar-refractivity contribution in [2.45, 2.75) is 21.6 Å². The van der Waals surface area contributed by atoms with Crippen LogP contribution in [0.25, 0.3) is 5.69 Å². The van der Waals surface area contributed by atoms with E-state index in [9.17, 15) is 31.0 Å². The SMILES string of the molecule is C=CS(=O)(=O)c1ccc(Nc2nc(Cl)nc(Nc3ccc(S(=O)(=O)O)c(/N=N/c4c(C)nn(-c5cc(Cl)c(SO)cc5Cl)c4O)c3)n2)cc1. The average molecular weight is 785 g/mol. The summed E-state index contributed by atoms with van der Waals surface area (Å²) in [6.45, 7) is 4.79. The third-order valence-corrected chi connectivity index (χ3v) is 10.1. The van der Waals surface area contributed by atoms with Gasteiger partial charge in [0.1, 0.15) is 10.6 Å². The van der Waals surface area contributed by atoms with E-state index < -0.39 is 30.7 Å². The second-order valence-corrected chi connectivity index (χ2v) is 14.6. The van der Waals surface area contributed by atoms with Crippen LogP contribution in [0.4, 0.5) is 34.6 Å². The average Bonchev–Trinajstić information content (AvgIpc) is 3.32. The van der Waals surface area contributed by atoms with Crippen molar-refractivity contribution in [3.8, 4) is 11.6 Å². The summed E-state index contributed by atoms with van der Waals surface area (Å²) in [6, 6.07) is 11.9. The number of sulfone groups is 1. The molecule has 0 saturated carbocycles. The standard InChI is InChI=1S/C27H20Cl3N9O7S3/c1-3-48(42,43)16-7-4-14(5-8-16)31-26-33-25(30)34-27(35-26)32-15-6-9-22(49(44,45)46)19(10-15)36-37-23-13(2)38-39(24(23)40)20-11-18(29)21(47-41)12-17(20)28/h3-12,40-41H,1H2,2H3,(H,44,45,46)(H2,31,32,33,34,35)/b37-36+. The molecule has 49 heavy (non-hydrogen) atoms. The van der Waals surface area contributed by atoms with Gasteiger partial charge in [-0.15, -0.1) is 10.2 Å². The van der Waals surface area contributed by atoms with Crippen molar-refractivity contribution in [3.63, 3.8) is 0 Å². The minimum absolute atomic E-state index is 0.0228. The molecule has 0 fully saturated rings. The molecule has 5 N–H and O–H groups in total.